The minimum absolute atomic E-state index is 0.0983. The molecule has 8 nitrogen and oxygen atoms in total. The van der Waals surface area contributed by atoms with Gasteiger partial charge in [-0.25, -0.2) is 4.79 Å². The van der Waals surface area contributed by atoms with Gasteiger partial charge in [-0.15, -0.1) is 0 Å². The van der Waals surface area contributed by atoms with Crippen LogP contribution in [0.3, 0.4) is 0 Å². The van der Waals surface area contributed by atoms with Crippen molar-refractivity contribution in [3.8, 4) is 0 Å². The maximum Gasteiger partial charge on any atom is 0.335 e. The molecule has 36 heavy (non-hydrogen) atoms. The molecule has 2 aliphatic rings. The normalized spacial score (nSPS) is 20.6. The van der Waals surface area contributed by atoms with Gasteiger partial charge in [0, 0.05) is 30.6 Å². The zero-order chi connectivity index (χ0) is 25.7. The van der Waals surface area contributed by atoms with Gasteiger partial charge in [0.2, 0.25) is 5.91 Å². The van der Waals surface area contributed by atoms with Gasteiger partial charge >= 0.3 is 5.97 Å². The Balaban J connectivity index is 1.32. The second kappa shape index (κ2) is 11.7. The minimum atomic E-state index is -1.06. The topological polar surface area (TPSA) is 119 Å². The first-order valence-corrected chi connectivity index (χ1v) is 12.7. The molecule has 2 aromatic rings. The van der Waals surface area contributed by atoms with Crippen LogP contribution in [0.1, 0.15) is 69.9 Å². The number of carbonyl (C=O) groups excluding carboxylic acids is 2. The molecular formula is C28H35N3O5. The molecule has 0 aromatic heterocycles. The van der Waals surface area contributed by atoms with Crippen LogP contribution in [0.2, 0.25) is 0 Å². The number of carboxylic acids is 1. The van der Waals surface area contributed by atoms with Crippen molar-refractivity contribution in [3.05, 3.63) is 70.8 Å². The molecular weight excluding hydrogens is 458 g/mol. The number of nitrogens with zero attached hydrogens (tertiary/aromatic N) is 1. The van der Waals surface area contributed by atoms with Crippen LogP contribution in [-0.2, 0) is 4.79 Å². The van der Waals surface area contributed by atoms with Crippen molar-refractivity contribution in [1.29, 1.82) is 0 Å². The average Bonchev–Trinajstić information content (AvgIpc) is 3.66. The molecule has 1 aliphatic carbocycles. The van der Waals surface area contributed by atoms with E-state index in [1.54, 1.807) is 4.90 Å². The highest BCUT2D eigenvalue weighted by atomic mass is 16.4. The van der Waals surface area contributed by atoms with Gasteiger partial charge in [-0.2, -0.15) is 0 Å². The first-order chi connectivity index (χ1) is 17.3. The largest absolute Gasteiger partial charge is 0.478 e. The van der Waals surface area contributed by atoms with Crippen molar-refractivity contribution < 1.29 is 24.6 Å². The van der Waals surface area contributed by atoms with Gasteiger partial charge < -0.3 is 25.7 Å². The van der Waals surface area contributed by atoms with Crippen LogP contribution in [0.4, 0.5) is 0 Å². The number of hydrogen-bond donors (Lipinski definition) is 4. The number of nitrogens with one attached hydrogen (secondary N) is 2. The lowest BCUT2D eigenvalue weighted by atomic mass is 10.0. The van der Waals surface area contributed by atoms with Crippen LogP contribution in [0.5, 0.6) is 0 Å². The average molecular weight is 494 g/mol. The van der Waals surface area contributed by atoms with Crippen molar-refractivity contribution in [3.63, 3.8) is 0 Å². The van der Waals surface area contributed by atoms with Crippen molar-refractivity contribution in [2.75, 3.05) is 19.6 Å². The first-order valence-electron chi connectivity index (χ1n) is 12.7. The van der Waals surface area contributed by atoms with Gasteiger partial charge in [0.05, 0.1) is 11.7 Å². The number of rotatable bonds is 10. The van der Waals surface area contributed by atoms with E-state index in [1.165, 1.54) is 35.4 Å². The summed E-state index contributed by atoms with van der Waals surface area (Å²) in [5.74, 6) is -1.08. The molecule has 0 spiro atoms. The molecule has 8 heteroatoms. The Labute approximate surface area is 211 Å². The summed E-state index contributed by atoms with van der Waals surface area (Å²) in [6, 6.07) is 14.1. The summed E-state index contributed by atoms with van der Waals surface area (Å²) in [6.07, 6.45) is 3.00. The maximum atomic E-state index is 13.3. The number of carboxylic acid groups (broad SMARTS) is 1. The molecule has 2 aromatic carbocycles. The molecule has 1 saturated carbocycles. The summed E-state index contributed by atoms with van der Waals surface area (Å²) in [4.78, 5) is 38.9. The van der Waals surface area contributed by atoms with Crippen molar-refractivity contribution >= 4 is 17.8 Å². The molecule has 0 bridgehead atoms. The summed E-state index contributed by atoms with van der Waals surface area (Å²) in [5.41, 5.74) is 3.01. The van der Waals surface area contributed by atoms with Crippen LogP contribution < -0.4 is 10.6 Å². The van der Waals surface area contributed by atoms with Crippen LogP contribution in [0.15, 0.2) is 48.5 Å². The van der Waals surface area contributed by atoms with E-state index in [9.17, 15) is 19.5 Å². The van der Waals surface area contributed by atoms with E-state index in [0.717, 1.165) is 19.4 Å². The molecule has 1 aliphatic heterocycles. The number of aliphatic hydroxyl groups is 1. The lowest BCUT2D eigenvalue weighted by molar-refractivity contribution is -0.135. The van der Waals surface area contributed by atoms with Gasteiger partial charge in [-0.3, -0.25) is 9.59 Å². The van der Waals surface area contributed by atoms with Crippen LogP contribution in [0, 0.1) is 6.92 Å². The Kier molecular flexibility index (Phi) is 8.38. The zero-order valence-electron chi connectivity index (χ0n) is 20.7. The van der Waals surface area contributed by atoms with E-state index >= 15 is 0 Å². The molecule has 1 saturated heterocycles. The molecule has 2 fully saturated rings. The van der Waals surface area contributed by atoms with E-state index in [0.29, 0.717) is 49.9 Å². The predicted molar refractivity (Wildman–Crippen MR) is 136 cm³/mol. The van der Waals surface area contributed by atoms with Crippen LogP contribution in [-0.4, -0.2) is 70.7 Å². The predicted octanol–water partition coefficient (Wildman–Crippen LogP) is 2.70. The number of piperidine rings is 1. The highest BCUT2D eigenvalue weighted by Gasteiger charge is 2.37. The van der Waals surface area contributed by atoms with E-state index in [1.807, 2.05) is 0 Å². The fourth-order valence-corrected chi connectivity index (χ4v) is 4.77. The Morgan fingerprint density at radius 3 is 2.28 bits per heavy atom. The van der Waals surface area contributed by atoms with Gasteiger partial charge in [-0.05, 0) is 75.4 Å². The molecule has 0 radical (unpaired) electrons. The minimum Gasteiger partial charge on any atom is -0.478 e. The number of aryl methyl sites for hydroxylation is 1. The molecule has 192 valence electrons. The summed E-state index contributed by atoms with van der Waals surface area (Å²) >= 11 is 0. The number of likely N-dealkylation sites (tertiary alicyclic amines) is 1. The summed E-state index contributed by atoms with van der Waals surface area (Å²) < 4.78 is 0. The van der Waals surface area contributed by atoms with E-state index in [2.05, 4.69) is 41.8 Å². The van der Waals surface area contributed by atoms with Crippen LogP contribution >= 0.6 is 0 Å². The van der Waals surface area contributed by atoms with Crippen LogP contribution in [0.25, 0.3) is 0 Å². The Morgan fingerprint density at radius 1 is 1.00 bits per heavy atom. The number of hydrogen-bond acceptors (Lipinski definition) is 5. The maximum absolute atomic E-state index is 13.3. The molecule has 4 rings (SSSR count). The third-order valence-corrected chi connectivity index (χ3v) is 7.15. The summed E-state index contributed by atoms with van der Waals surface area (Å²) in [5, 5.41) is 25.3. The lowest BCUT2D eigenvalue weighted by Crippen LogP contribution is -2.51. The highest BCUT2D eigenvalue weighted by molar-refractivity contribution is 5.98. The van der Waals surface area contributed by atoms with Gasteiger partial charge in [0.25, 0.3) is 5.91 Å². The van der Waals surface area contributed by atoms with E-state index in [-0.39, 0.29) is 17.6 Å². The van der Waals surface area contributed by atoms with Gasteiger partial charge in [-0.1, -0.05) is 29.8 Å². The van der Waals surface area contributed by atoms with Crippen molar-refractivity contribution in [2.24, 2.45) is 0 Å². The third-order valence-electron chi connectivity index (χ3n) is 7.15. The summed E-state index contributed by atoms with van der Waals surface area (Å²) in [7, 11) is 0. The second-order valence-corrected chi connectivity index (χ2v) is 9.92. The third kappa shape index (κ3) is 6.71. The first kappa shape index (κ1) is 25.9. The monoisotopic (exact) mass is 493 g/mol. The second-order valence-electron chi connectivity index (χ2n) is 9.92. The van der Waals surface area contributed by atoms with Crippen molar-refractivity contribution in [2.45, 2.75) is 63.1 Å². The number of aromatic carboxylic acids is 1. The van der Waals surface area contributed by atoms with Crippen molar-refractivity contribution in [1.82, 2.24) is 15.5 Å². The number of amides is 2. The molecule has 3 atom stereocenters. The summed E-state index contributed by atoms with van der Waals surface area (Å²) in [6.45, 7) is 3.77. The lowest BCUT2D eigenvalue weighted by Gasteiger charge is -2.32. The van der Waals surface area contributed by atoms with E-state index in [4.69, 9.17) is 5.11 Å². The Hall–Kier alpha value is -3.23. The fourth-order valence-electron chi connectivity index (χ4n) is 4.77. The smallest absolute Gasteiger partial charge is 0.335 e. The number of benzene rings is 2. The highest BCUT2D eigenvalue weighted by Crippen LogP contribution is 2.40. The molecule has 0 unspecified atom stereocenters. The number of carbonyl (C=O) groups is 3. The standard InChI is InChI=1S/C28H35N3O5/c1-18-4-6-19(7-5-18)23-17-25(23)29-14-2-3-24(27(34)31-15-12-22(32)13-16-31)30-26(33)20-8-10-21(11-9-20)28(35)36/h4-11,22-25,29,32H,2-3,12-17H2,1H3,(H,30,33)(H,35,36)/t23-,24-,25+/m0/s1. The number of aliphatic hydroxyl groups excluding tert-OH is 1. The molecule has 4 N–H and O–H groups in total. The Morgan fingerprint density at radius 2 is 1.64 bits per heavy atom. The Bertz CT molecular complexity index is 1060. The zero-order valence-corrected chi connectivity index (χ0v) is 20.7. The molecule has 1 heterocycles. The van der Waals surface area contributed by atoms with Gasteiger partial charge in [0.15, 0.2) is 0 Å². The SMILES string of the molecule is Cc1ccc([C@@H]2C[C@H]2NCCC[C@H](NC(=O)c2ccc(C(=O)O)cc2)C(=O)N2CCC(O)CC2)cc1. The quantitative estimate of drug-likeness (QED) is 0.378. The van der Waals surface area contributed by atoms with Gasteiger partial charge in [0.1, 0.15) is 6.04 Å². The molecule has 2 amide bonds. The fraction of sp³-hybridized carbons (Fsp3) is 0.464. The van der Waals surface area contributed by atoms with E-state index < -0.39 is 17.9 Å².